The summed E-state index contributed by atoms with van der Waals surface area (Å²) in [5.74, 6) is 0.948. The minimum absolute atomic E-state index is 0.264. The molecule has 0 radical (unpaired) electrons. The molecule has 156 valence electrons. The van der Waals surface area contributed by atoms with E-state index in [1.54, 1.807) is 13.8 Å². The molecular weight excluding hydrogens is 397 g/mol. The molecule has 8 nitrogen and oxygen atoms in total. The van der Waals surface area contributed by atoms with E-state index in [9.17, 15) is 4.57 Å². The standard InChI is InChI=1S/C18H30N5O3PS/c1-4-25-27(24,26-5-2)18-20-14-15(19)21-17(28-3)22-16(14)23(18)12-11-13-9-7-6-8-10-13/h13H,4-12H2,1-3H3,(H2,19,21,22). The molecule has 3 rings (SSSR count). The second-order valence-corrected chi connectivity index (χ2v) is 9.64. The Morgan fingerprint density at radius 2 is 1.82 bits per heavy atom. The van der Waals surface area contributed by atoms with Crippen LogP contribution in [0, 0.1) is 5.92 Å². The minimum atomic E-state index is -3.57. The van der Waals surface area contributed by atoms with Crippen LogP contribution in [0.4, 0.5) is 5.82 Å². The highest BCUT2D eigenvalue weighted by Crippen LogP contribution is 2.47. The van der Waals surface area contributed by atoms with Crippen molar-refractivity contribution in [3.05, 3.63) is 0 Å². The minimum Gasteiger partial charge on any atom is -0.382 e. The average Bonchev–Trinajstić information content (AvgIpc) is 3.07. The number of aryl methyl sites for hydroxylation is 1. The lowest BCUT2D eigenvalue weighted by Crippen LogP contribution is -2.24. The predicted octanol–water partition coefficient (Wildman–Crippen LogP) is 3.99. The van der Waals surface area contributed by atoms with Gasteiger partial charge in [-0.05, 0) is 32.4 Å². The average molecular weight is 428 g/mol. The van der Waals surface area contributed by atoms with Crippen molar-refractivity contribution in [2.75, 3.05) is 25.2 Å². The first kappa shape index (κ1) is 21.6. The Morgan fingerprint density at radius 3 is 2.43 bits per heavy atom. The molecule has 2 aromatic rings. The van der Waals surface area contributed by atoms with Crippen LogP contribution in [-0.2, 0) is 20.2 Å². The quantitative estimate of drug-likeness (QED) is 0.364. The molecule has 1 aliphatic carbocycles. The Hall–Kier alpha value is -1.15. The van der Waals surface area contributed by atoms with Crippen molar-refractivity contribution in [2.45, 2.75) is 64.1 Å². The van der Waals surface area contributed by atoms with E-state index in [0.29, 0.717) is 28.8 Å². The Bertz CT molecular complexity index is 843. The first-order valence-corrected chi connectivity index (χ1v) is 12.8. The number of anilines is 1. The lowest BCUT2D eigenvalue weighted by molar-refractivity contribution is 0.227. The number of fused-ring (bicyclic) bond motifs is 1. The Labute approximate surface area is 170 Å². The van der Waals surface area contributed by atoms with Crippen molar-refractivity contribution in [3.8, 4) is 0 Å². The Kier molecular flexibility index (Phi) is 7.36. The van der Waals surface area contributed by atoms with Gasteiger partial charge in [-0.2, -0.15) is 0 Å². The third-order valence-corrected chi connectivity index (χ3v) is 7.67. The molecular formula is C18H30N5O3PS. The lowest BCUT2D eigenvalue weighted by Gasteiger charge is -2.23. The van der Waals surface area contributed by atoms with E-state index in [1.165, 1.54) is 43.9 Å². The number of nitrogen functional groups attached to an aromatic ring is 1. The summed E-state index contributed by atoms with van der Waals surface area (Å²) >= 11 is 1.42. The fraction of sp³-hybridized carbons (Fsp3) is 0.722. The zero-order chi connectivity index (χ0) is 20.1. The SMILES string of the molecule is CCOP(=O)(OCC)c1nc2c(N)nc(SC)nc2n1CCC1CCCCC1. The van der Waals surface area contributed by atoms with Crippen molar-refractivity contribution in [1.82, 2.24) is 19.5 Å². The molecule has 1 fully saturated rings. The van der Waals surface area contributed by atoms with Crippen LogP contribution >= 0.6 is 19.4 Å². The van der Waals surface area contributed by atoms with Crippen LogP contribution in [0.15, 0.2) is 5.16 Å². The maximum Gasteiger partial charge on any atom is 0.396 e. The Balaban J connectivity index is 2.07. The van der Waals surface area contributed by atoms with Crippen molar-refractivity contribution in [1.29, 1.82) is 0 Å². The van der Waals surface area contributed by atoms with Gasteiger partial charge in [0.1, 0.15) is 0 Å². The van der Waals surface area contributed by atoms with Crippen molar-refractivity contribution >= 4 is 41.9 Å². The molecule has 0 spiro atoms. The number of rotatable bonds is 9. The number of hydrogen-bond acceptors (Lipinski definition) is 8. The molecule has 0 bridgehead atoms. The van der Waals surface area contributed by atoms with E-state index >= 15 is 0 Å². The molecule has 0 atom stereocenters. The van der Waals surface area contributed by atoms with Gasteiger partial charge in [-0.25, -0.2) is 15.0 Å². The van der Waals surface area contributed by atoms with Gasteiger partial charge >= 0.3 is 7.60 Å². The van der Waals surface area contributed by atoms with Gasteiger partial charge < -0.3 is 19.3 Å². The zero-order valence-corrected chi connectivity index (χ0v) is 18.6. The topological polar surface area (TPSA) is 105 Å². The highest BCUT2D eigenvalue weighted by molar-refractivity contribution is 7.98. The maximum atomic E-state index is 13.5. The second-order valence-electron chi connectivity index (χ2n) is 6.96. The van der Waals surface area contributed by atoms with Crippen LogP contribution in [0.2, 0.25) is 0 Å². The summed E-state index contributed by atoms with van der Waals surface area (Å²) in [6, 6.07) is 0. The number of imidazole rings is 1. The second kappa shape index (κ2) is 9.57. The van der Waals surface area contributed by atoms with Crippen LogP contribution in [-0.4, -0.2) is 39.0 Å². The fourth-order valence-corrected chi connectivity index (χ4v) is 5.84. The molecule has 0 unspecified atom stereocenters. The summed E-state index contributed by atoms with van der Waals surface area (Å²) in [4.78, 5) is 13.4. The summed E-state index contributed by atoms with van der Waals surface area (Å²) in [6.45, 7) is 4.77. The summed E-state index contributed by atoms with van der Waals surface area (Å²) in [6.07, 6.45) is 9.24. The van der Waals surface area contributed by atoms with Gasteiger partial charge in [0.05, 0.1) is 13.2 Å². The van der Waals surface area contributed by atoms with E-state index in [1.807, 2.05) is 10.8 Å². The molecule has 2 aromatic heterocycles. The number of hydrogen-bond donors (Lipinski definition) is 1. The molecule has 28 heavy (non-hydrogen) atoms. The molecule has 0 aromatic carbocycles. The van der Waals surface area contributed by atoms with Crippen LogP contribution < -0.4 is 11.3 Å². The molecule has 0 saturated heterocycles. The highest BCUT2D eigenvalue weighted by Gasteiger charge is 2.35. The van der Waals surface area contributed by atoms with Crippen molar-refractivity contribution in [3.63, 3.8) is 0 Å². The number of nitrogens with two attached hydrogens (primary N) is 1. The van der Waals surface area contributed by atoms with E-state index in [0.717, 1.165) is 6.42 Å². The van der Waals surface area contributed by atoms with Crippen LogP contribution in [0.25, 0.3) is 11.2 Å². The van der Waals surface area contributed by atoms with E-state index in [4.69, 9.17) is 14.8 Å². The summed E-state index contributed by atoms with van der Waals surface area (Å²) < 4.78 is 26.5. The van der Waals surface area contributed by atoms with Crippen LogP contribution in [0.3, 0.4) is 0 Å². The van der Waals surface area contributed by atoms with Crippen molar-refractivity contribution in [2.24, 2.45) is 5.92 Å². The van der Waals surface area contributed by atoms with E-state index in [-0.39, 0.29) is 24.6 Å². The third kappa shape index (κ3) is 4.53. The van der Waals surface area contributed by atoms with Crippen LogP contribution in [0.5, 0.6) is 0 Å². The van der Waals surface area contributed by atoms with Gasteiger partial charge in [0.15, 0.2) is 22.1 Å². The molecule has 1 aliphatic rings. The fourth-order valence-electron chi connectivity index (χ4n) is 3.78. The normalized spacial score (nSPS) is 16.1. The van der Waals surface area contributed by atoms with Gasteiger partial charge in [0.25, 0.3) is 0 Å². The summed E-state index contributed by atoms with van der Waals surface area (Å²) in [5.41, 5.74) is 7.47. The van der Waals surface area contributed by atoms with Gasteiger partial charge in [0.2, 0.25) is 5.57 Å². The van der Waals surface area contributed by atoms with Crippen LogP contribution in [0.1, 0.15) is 52.4 Å². The monoisotopic (exact) mass is 427 g/mol. The molecule has 0 amide bonds. The molecule has 0 aliphatic heterocycles. The lowest BCUT2D eigenvalue weighted by atomic mass is 9.87. The van der Waals surface area contributed by atoms with E-state index < -0.39 is 7.60 Å². The van der Waals surface area contributed by atoms with Gasteiger partial charge in [-0.15, -0.1) is 0 Å². The highest BCUT2D eigenvalue weighted by atomic mass is 32.2. The predicted molar refractivity (Wildman–Crippen MR) is 113 cm³/mol. The molecule has 1 saturated carbocycles. The largest absolute Gasteiger partial charge is 0.396 e. The van der Waals surface area contributed by atoms with Crippen molar-refractivity contribution < 1.29 is 13.6 Å². The smallest absolute Gasteiger partial charge is 0.382 e. The first-order chi connectivity index (χ1) is 13.5. The van der Waals surface area contributed by atoms with Gasteiger partial charge in [0, 0.05) is 6.54 Å². The van der Waals surface area contributed by atoms with Gasteiger partial charge in [-0.3, -0.25) is 4.57 Å². The maximum absolute atomic E-state index is 13.5. The third-order valence-electron chi connectivity index (χ3n) is 5.09. The molecule has 2 N–H and O–H groups in total. The zero-order valence-electron chi connectivity index (χ0n) is 16.9. The number of nitrogens with zero attached hydrogens (tertiary/aromatic N) is 4. The summed E-state index contributed by atoms with van der Waals surface area (Å²) in [7, 11) is -3.57. The number of thioether (sulfide) groups is 1. The van der Waals surface area contributed by atoms with E-state index in [2.05, 4.69) is 15.0 Å². The Morgan fingerprint density at radius 1 is 1.14 bits per heavy atom. The summed E-state index contributed by atoms with van der Waals surface area (Å²) in [5, 5.41) is 0.568. The first-order valence-electron chi connectivity index (χ1n) is 9.99. The number of aromatic nitrogens is 4. The molecule has 2 heterocycles. The molecule has 10 heteroatoms. The van der Waals surface area contributed by atoms with Gasteiger partial charge in [-0.1, -0.05) is 43.9 Å².